The Kier molecular flexibility index (Phi) is 6.84. The monoisotopic (exact) mass is 394 g/mol. The Labute approximate surface area is 170 Å². The molecule has 0 heterocycles. The summed E-state index contributed by atoms with van der Waals surface area (Å²) in [6.45, 7) is 2.54. The molecule has 4 amide bonds. The summed E-state index contributed by atoms with van der Waals surface area (Å²) in [5.74, 6) is 0.0640. The number of hydrogen-bond donors (Lipinski definition) is 4. The standard InChI is InChI=1S/C22H26N4O3/c1-15(16-9-11-19(12-10-16)26-21(28)18-7-8-18)25-22(29)24-14-13-23-20(27)17-5-3-2-4-6-17/h2-6,9-12,15,18H,7-8,13-14H2,1H3,(H,23,27)(H,26,28)(H2,24,25,29). The normalized spacial score (nSPS) is 13.8. The maximum atomic E-state index is 12.0. The first-order chi connectivity index (χ1) is 14.0. The molecule has 0 bridgehead atoms. The van der Waals surface area contributed by atoms with Gasteiger partial charge in [-0.2, -0.15) is 0 Å². The van der Waals surface area contributed by atoms with Gasteiger partial charge < -0.3 is 21.3 Å². The Morgan fingerprint density at radius 1 is 0.931 bits per heavy atom. The number of urea groups is 1. The van der Waals surface area contributed by atoms with Crippen molar-refractivity contribution >= 4 is 23.5 Å². The summed E-state index contributed by atoms with van der Waals surface area (Å²) in [6.07, 6.45) is 1.94. The van der Waals surface area contributed by atoms with Crippen molar-refractivity contribution in [2.45, 2.75) is 25.8 Å². The zero-order valence-corrected chi connectivity index (χ0v) is 16.4. The minimum Gasteiger partial charge on any atom is -0.350 e. The highest BCUT2D eigenvalue weighted by atomic mass is 16.2. The molecule has 1 aliphatic rings. The SMILES string of the molecule is CC(NC(=O)NCCNC(=O)c1ccccc1)c1ccc(NC(=O)C2CC2)cc1. The van der Waals surface area contributed by atoms with Crippen LogP contribution in [0.3, 0.4) is 0 Å². The van der Waals surface area contributed by atoms with Crippen LogP contribution in [0.25, 0.3) is 0 Å². The molecular formula is C22H26N4O3. The lowest BCUT2D eigenvalue weighted by atomic mass is 10.1. The Morgan fingerprint density at radius 2 is 1.59 bits per heavy atom. The number of nitrogens with one attached hydrogen (secondary N) is 4. The van der Waals surface area contributed by atoms with Crippen LogP contribution in [0, 0.1) is 5.92 Å². The smallest absolute Gasteiger partial charge is 0.315 e. The summed E-state index contributed by atoms with van der Waals surface area (Å²) < 4.78 is 0. The van der Waals surface area contributed by atoms with Crippen molar-refractivity contribution in [2.24, 2.45) is 5.92 Å². The molecule has 2 aromatic carbocycles. The van der Waals surface area contributed by atoms with Gasteiger partial charge in [0.15, 0.2) is 0 Å². The first-order valence-electron chi connectivity index (χ1n) is 9.81. The average Bonchev–Trinajstić information content (AvgIpc) is 3.57. The van der Waals surface area contributed by atoms with Crippen LogP contribution >= 0.6 is 0 Å². The summed E-state index contributed by atoms with van der Waals surface area (Å²) in [4.78, 5) is 35.7. The van der Waals surface area contributed by atoms with E-state index in [2.05, 4.69) is 21.3 Å². The van der Waals surface area contributed by atoms with Gasteiger partial charge in [0.05, 0.1) is 6.04 Å². The molecule has 0 radical (unpaired) electrons. The number of amides is 4. The predicted molar refractivity (Wildman–Crippen MR) is 112 cm³/mol. The summed E-state index contributed by atoms with van der Waals surface area (Å²) in [5, 5.41) is 11.2. The van der Waals surface area contributed by atoms with Gasteiger partial charge in [-0.3, -0.25) is 9.59 Å². The van der Waals surface area contributed by atoms with Crippen LogP contribution in [0.1, 0.15) is 41.7 Å². The third-order valence-corrected chi connectivity index (χ3v) is 4.71. The zero-order valence-electron chi connectivity index (χ0n) is 16.4. The summed E-state index contributed by atoms with van der Waals surface area (Å²) in [6, 6.07) is 15.9. The topological polar surface area (TPSA) is 99.3 Å². The van der Waals surface area contributed by atoms with E-state index in [9.17, 15) is 14.4 Å². The van der Waals surface area contributed by atoms with Gasteiger partial charge in [-0.15, -0.1) is 0 Å². The second-order valence-corrected chi connectivity index (χ2v) is 7.13. The number of anilines is 1. The Morgan fingerprint density at radius 3 is 2.24 bits per heavy atom. The fourth-order valence-electron chi connectivity index (χ4n) is 2.82. The van der Waals surface area contributed by atoms with Gasteiger partial charge in [0.25, 0.3) is 5.91 Å². The van der Waals surface area contributed by atoms with Gasteiger partial charge >= 0.3 is 6.03 Å². The number of hydrogen-bond acceptors (Lipinski definition) is 3. The van der Waals surface area contributed by atoms with E-state index >= 15 is 0 Å². The molecule has 3 rings (SSSR count). The molecule has 0 aromatic heterocycles. The fourth-order valence-corrected chi connectivity index (χ4v) is 2.82. The van der Waals surface area contributed by atoms with Gasteiger partial charge in [-0.25, -0.2) is 4.79 Å². The fraction of sp³-hybridized carbons (Fsp3) is 0.318. The van der Waals surface area contributed by atoms with Crippen LogP contribution in [0.15, 0.2) is 54.6 Å². The molecule has 1 aliphatic carbocycles. The number of carbonyl (C=O) groups excluding carboxylic acids is 3. The molecule has 1 atom stereocenters. The van der Waals surface area contributed by atoms with Gasteiger partial charge in [-0.05, 0) is 49.6 Å². The highest BCUT2D eigenvalue weighted by molar-refractivity contribution is 5.94. The van der Waals surface area contributed by atoms with Crippen molar-refractivity contribution in [2.75, 3.05) is 18.4 Å². The van der Waals surface area contributed by atoms with E-state index in [1.165, 1.54) is 0 Å². The van der Waals surface area contributed by atoms with E-state index in [1.54, 1.807) is 24.3 Å². The van der Waals surface area contributed by atoms with Crippen LogP contribution in [0.2, 0.25) is 0 Å². The van der Waals surface area contributed by atoms with Crippen LogP contribution < -0.4 is 21.3 Å². The third kappa shape index (κ3) is 6.34. The number of rotatable bonds is 8. The second-order valence-electron chi connectivity index (χ2n) is 7.13. The lowest BCUT2D eigenvalue weighted by Gasteiger charge is -2.16. The zero-order chi connectivity index (χ0) is 20.6. The molecule has 4 N–H and O–H groups in total. The molecule has 1 unspecified atom stereocenters. The molecule has 0 saturated heterocycles. The van der Waals surface area contributed by atoms with Gasteiger partial charge in [0, 0.05) is 30.3 Å². The summed E-state index contributed by atoms with van der Waals surface area (Å²) in [7, 11) is 0. The summed E-state index contributed by atoms with van der Waals surface area (Å²) >= 11 is 0. The van der Waals surface area contributed by atoms with Crippen LogP contribution in [-0.4, -0.2) is 30.9 Å². The van der Waals surface area contributed by atoms with Gasteiger partial charge in [-0.1, -0.05) is 30.3 Å². The van der Waals surface area contributed by atoms with E-state index in [4.69, 9.17) is 0 Å². The molecule has 7 heteroatoms. The van der Waals surface area contributed by atoms with Gasteiger partial charge in [0.2, 0.25) is 5.91 Å². The molecule has 2 aromatic rings. The molecule has 0 aliphatic heterocycles. The Hall–Kier alpha value is -3.35. The minimum absolute atomic E-state index is 0.0719. The van der Waals surface area contributed by atoms with E-state index in [0.29, 0.717) is 18.7 Å². The largest absolute Gasteiger partial charge is 0.350 e. The lowest BCUT2D eigenvalue weighted by molar-refractivity contribution is -0.117. The Bertz CT molecular complexity index is 848. The molecule has 29 heavy (non-hydrogen) atoms. The number of carbonyl (C=O) groups is 3. The van der Waals surface area contributed by atoms with Crippen molar-refractivity contribution in [1.29, 1.82) is 0 Å². The van der Waals surface area contributed by atoms with Crippen LogP contribution in [0.4, 0.5) is 10.5 Å². The maximum Gasteiger partial charge on any atom is 0.315 e. The third-order valence-electron chi connectivity index (χ3n) is 4.71. The average molecular weight is 394 g/mol. The maximum absolute atomic E-state index is 12.0. The highest BCUT2D eigenvalue weighted by Crippen LogP contribution is 2.30. The summed E-state index contributed by atoms with van der Waals surface area (Å²) in [5.41, 5.74) is 2.28. The van der Waals surface area contributed by atoms with Crippen molar-refractivity contribution in [1.82, 2.24) is 16.0 Å². The van der Waals surface area contributed by atoms with Crippen molar-refractivity contribution in [3.8, 4) is 0 Å². The molecule has 1 saturated carbocycles. The molecule has 0 spiro atoms. The van der Waals surface area contributed by atoms with E-state index in [0.717, 1.165) is 24.1 Å². The molecule has 152 valence electrons. The van der Waals surface area contributed by atoms with E-state index < -0.39 is 0 Å². The number of benzene rings is 2. The molecule has 1 fully saturated rings. The van der Waals surface area contributed by atoms with Crippen molar-refractivity contribution < 1.29 is 14.4 Å². The van der Waals surface area contributed by atoms with Crippen LogP contribution in [-0.2, 0) is 4.79 Å². The second kappa shape index (κ2) is 9.73. The van der Waals surface area contributed by atoms with Crippen molar-refractivity contribution in [3.63, 3.8) is 0 Å². The van der Waals surface area contributed by atoms with Crippen LogP contribution in [0.5, 0.6) is 0 Å². The minimum atomic E-state index is -0.308. The quantitative estimate of drug-likeness (QED) is 0.518. The predicted octanol–water partition coefficient (Wildman–Crippen LogP) is 2.83. The molecule has 7 nitrogen and oxygen atoms in total. The van der Waals surface area contributed by atoms with Gasteiger partial charge in [0.1, 0.15) is 0 Å². The Balaban J connectivity index is 1.36. The van der Waals surface area contributed by atoms with E-state index in [-0.39, 0.29) is 29.8 Å². The van der Waals surface area contributed by atoms with E-state index in [1.807, 2.05) is 37.3 Å². The van der Waals surface area contributed by atoms with Crippen molar-refractivity contribution in [3.05, 3.63) is 65.7 Å². The first kappa shape index (κ1) is 20.4. The first-order valence-corrected chi connectivity index (χ1v) is 9.81. The highest BCUT2D eigenvalue weighted by Gasteiger charge is 2.29. The molecular weight excluding hydrogens is 368 g/mol. The lowest BCUT2D eigenvalue weighted by Crippen LogP contribution is -2.41.